The van der Waals surface area contributed by atoms with Crippen LogP contribution in [0.1, 0.15) is 34.1 Å². The van der Waals surface area contributed by atoms with Crippen LogP contribution in [-0.4, -0.2) is 30.5 Å². The number of aliphatic hydroxyl groups is 1. The average Bonchev–Trinajstić information content (AvgIpc) is 2.40. The van der Waals surface area contributed by atoms with Crippen LogP contribution in [0.4, 0.5) is 5.69 Å². The lowest BCUT2D eigenvalue weighted by molar-refractivity contribution is 0.0697. The van der Waals surface area contributed by atoms with Gasteiger partial charge in [0.25, 0.3) is 0 Å². The van der Waals surface area contributed by atoms with Crippen LogP contribution in [0.25, 0.3) is 0 Å². The largest absolute Gasteiger partial charge is 0.490 e. The molecule has 19 heavy (non-hydrogen) atoms. The highest BCUT2D eigenvalue weighted by Crippen LogP contribution is 2.30. The van der Waals surface area contributed by atoms with Gasteiger partial charge in [-0.25, -0.2) is 0 Å². The maximum atomic E-state index is 9.98. The molecule has 4 nitrogen and oxygen atoms in total. The van der Waals surface area contributed by atoms with Crippen LogP contribution in [0.15, 0.2) is 18.2 Å². The minimum Gasteiger partial charge on any atom is -0.490 e. The molecule has 0 spiro atoms. The molecule has 0 aliphatic carbocycles. The molecule has 0 saturated heterocycles. The van der Waals surface area contributed by atoms with Crippen molar-refractivity contribution in [1.82, 2.24) is 0 Å². The summed E-state index contributed by atoms with van der Waals surface area (Å²) in [6.45, 7) is 9.37. The van der Waals surface area contributed by atoms with Gasteiger partial charge in [0.2, 0.25) is 0 Å². The Labute approximate surface area is 115 Å². The first-order chi connectivity index (χ1) is 9.02. The van der Waals surface area contributed by atoms with Crippen LogP contribution < -0.4 is 14.8 Å². The van der Waals surface area contributed by atoms with Crippen LogP contribution in [0.2, 0.25) is 0 Å². The van der Waals surface area contributed by atoms with Crippen molar-refractivity contribution in [3.05, 3.63) is 18.2 Å². The number of hydrogen-bond donors (Lipinski definition) is 2. The van der Waals surface area contributed by atoms with Gasteiger partial charge in [-0.05, 0) is 39.3 Å². The highest BCUT2D eigenvalue weighted by molar-refractivity contribution is 5.55. The molecule has 1 aromatic rings. The lowest BCUT2D eigenvalue weighted by atomic mass is 10.0. The summed E-state index contributed by atoms with van der Waals surface area (Å²) in [7, 11) is 0. The molecule has 1 rings (SSSR count). The van der Waals surface area contributed by atoms with Crippen LogP contribution >= 0.6 is 0 Å². The second-order valence-electron chi connectivity index (χ2n) is 4.73. The maximum Gasteiger partial charge on any atom is 0.163 e. The molecule has 0 aromatic heterocycles. The van der Waals surface area contributed by atoms with Gasteiger partial charge in [-0.2, -0.15) is 0 Å². The summed E-state index contributed by atoms with van der Waals surface area (Å²) in [4.78, 5) is 0. The van der Waals surface area contributed by atoms with Gasteiger partial charge in [0.05, 0.1) is 18.8 Å². The van der Waals surface area contributed by atoms with Crippen LogP contribution in [0, 0.1) is 0 Å². The monoisotopic (exact) mass is 267 g/mol. The van der Waals surface area contributed by atoms with Gasteiger partial charge in [0.1, 0.15) is 0 Å². The first-order valence-electron chi connectivity index (χ1n) is 6.88. The SMILES string of the molecule is CCOc1ccc(NCC(C)(O)CC)cc1OCC. The Balaban J connectivity index is 2.77. The zero-order chi connectivity index (χ0) is 14.3. The van der Waals surface area contributed by atoms with Crippen LogP contribution in [-0.2, 0) is 0 Å². The molecule has 2 N–H and O–H groups in total. The van der Waals surface area contributed by atoms with E-state index >= 15 is 0 Å². The second kappa shape index (κ2) is 7.24. The van der Waals surface area contributed by atoms with E-state index in [-0.39, 0.29) is 0 Å². The van der Waals surface area contributed by atoms with Gasteiger partial charge in [-0.15, -0.1) is 0 Å². The number of hydrogen-bond acceptors (Lipinski definition) is 4. The molecule has 0 heterocycles. The third-order valence-electron chi connectivity index (χ3n) is 2.98. The van der Waals surface area contributed by atoms with Crippen molar-refractivity contribution in [3.63, 3.8) is 0 Å². The number of benzene rings is 1. The lowest BCUT2D eigenvalue weighted by Crippen LogP contribution is -2.32. The molecule has 4 heteroatoms. The Morgan fingerprint density at radius 2 is 1.74 bits per heavy atom. The van der Waals surface area contributed by atoms with Gasteiger partial charge in [-0.3, -0.25) is 0 Å². The molecule has 108 valence electrons. The zero-order valence-electron chi connectivity index (χ0n) is 12.3. The topological polar surface area (TPSA) is 50.7 Å². The van der Waals surface area contributed by atoms with Gasteiger partial charge in [0.15, 0.2) is 11.5 Å². The predicted octanol–water partition coefficient (Wildman–Crippen LogP) is 3.06. The highest BCUT2D eigenvalue weighted by atomic mass is 16.5. The highest BCUT2D eigenvalue weighted by Gasteiger charge is 2.17. The molecular formula is C15H25NO3. The van der Waals surface area contributed by atoms with Crippen molar-refractivity contribution in [3.8, 4) is 11.5 Å². The third kappa shape index (κ3) is 4.99. The van der Waals surface area contributed by atoms with Crippen molar-refractivity contribution in [2.24, 2.45) is 0 Å². The summed E-state index contributed by atoms with van der Waals surface area (Å²) in [5, 5.41) is 13.2. The number of ether oxygens (including phenoxy) is 2. The van der Waals surface area contributed by atoms with Crippen molar-refractivity contribution in [2.45, 2.75) is 39.7 Å². The molecule has 1 atom stereocenters. The summed E-state index contributed by atoms with van der Waals surface area (Å²) in [5.41, 5.74) is 0.213. The molecule has 0 amide bonds. The van der Waals surface area contributed by atoms with Crippen molar-refractivity contribution in [1.29, 1.82) is 0 Å². The summed E-state index contributed by atoms with van der Waals surface area (Å²) >= 11 is 0. The Bertz CT molecular complexity index is 391. The number of anilines is 1. The van der Waals surface area contributed by atoms with E-state index in [2.05, 4.69) is 5.32 Å². The fourth-order valence-electron chi connectivity index (χ4n) is 1.58. The van der Waals surface area contributed by atoms with E-state index in [1.54, 1.807) is 0 Å². The molecule has 0 saturated carbocycles. The fraction of sp³-hybridized carbons (Fsp3) is 0.600. The minimum atomic E-state index is -0.704. The first kappa shape index (κ1) is 15.6. The van der Waals surface area contributed by atoms with Gasteiger partial charge in [-0.1, -0.05) is 6.92 Å². The molecule has 0 aliphatic heterocycles. The van der Waals surface area contributed by atoms with E-state index in [0.717, 1.165) is 17.2 Å². The summed E-state index contributed by atoms with van der Waals surface area (Å²) < 4.78 is 11.1. The maximum absolute atomic E-state index is 9.98. The van der Waals surface area contributed by atoms with E-state index in [1.165, 1.54) is 0 Å². The van der Waals surface area contributed by atoms with E-state index in [4.69, 9.17) is 9.47 Å². The van der Waals surface area contributed by atoms with Gasteiger partial charge >= 0.3 is 0 Å². The average molecular weight is 267 g/mol. The summed E-state index contributed by atoms with van der Waals surface area (Å²) in [6, 6.07) is 5.72. The van der Waals surface area contributed by atoms with E-state index < -0.39 is 5.60 Å². The molecule has 0 bridgehead atoms. The van der Waals surface area contributed by atoms with Crippen LogP contribution in [0.3, 0.4) is 0 Å². The minimum absolute atomic E-state index is 0.503. The van der Waals surface area contributed by atoms with Crippen molar-refractivity contribution >= 4 is 5.69 Å². The smallest absolute Gasteiger partial charge is 0.163 e. The standard InChI is InChI=1S/C15H25NO3/c1-5-15(4,17)11-16-12-8-9-13(18-6-2)14(10-12)19-7-3/h8-10,16-17H,5-7,11H2,1-4H3. The molecular weight excluding hydrogens is 242 g/mol. The Morgan fingerprint density at radius 1 is 1.11 bits per heavy atom. The second-order valence-corrected chi connectivity index (χ2v) is 4.73. The normalized spacial score (nSPS) is 13.7. The number of rotatable bonds is 8. The van der Waals surface area contributed by atoms with Gasteiger partial charge < -0.3 is 19.9 Å². The quantitative estimate of drug-likeness (QED) is 0.760. The zero-order valence-corrected chi connectivity index (χ0v) is 12.3. The van der Waals surface area contributed by atoms with Gasteiger partial charge in [0, 0.05) is 18.3 Å². The Morgan fingerprint density at radius 3 is 2.32 bits per heavy atom. The van der Waals surface area contributed by atoms with E-state index in [1.807, 2.05) is 45.9 Å². The Kier molecular flexibility index (Phi) is 5.96. The summed E-state index contributed by atoms with van der Waals surface area (Å²) in [6.07, 6.45) is 0.704. The van der Waals surface area contributed by atoms with Crippen LogP contribution in [0.5, 0.6) is 11.5 Å². The summed E-state index contributed by atoms with van der Waals surface area (Å²) in [5.74, 6) is 1.47. The predicted molar refractivity (Wildman–Crippen MR) is 78.2 cm³/mol. The molecule has 1 aromatic carbocycles. The Hall–Kier alpha value is -1.42. The molecule has 0 aliphatic rings. The van der Waals surface area contributed by atoms with E-state index in [0.29, 0.717) is 26.2 Å². The first-order valence-corrected chi connectivity index (χ1v) is 6.88. The van der Waals surface area contributed by atoms with E-state index in [9.17, 15) is 5.11 Å². The van der Waals surface area contributed by atoms with Crippen molar-refractivity contribution in [2.75, 3.05) is 25.1 Å². The molecule has 0 fully saturated rings. The molecule has 1 unspecified atom stereocenters. The fourth-order valence-corrected chi connectivity index (χ4v) is 1.58. The van der Waals surface area contributed by atoms with Crippen molar-refractivity contribution < 1.29 is 14.6 Å². The lowest BCUT2D eigenvalue weighted by Gasteiger charge is -2.22. The molecule has 0 radical (unpaired) electrons. The third-order valence-corrected chi connectivity index (χ3v) is 2.98. The number of nitrogens with one attached hydrogen (secondary N) is 1.